The molecule has 1 heterocycles. The number of rotatable bonds is 5. The van der Waals surface area contributed by atoms with E-state index in [9.17, 15) is 4.39 Å². The van der Waals surface area contributed by atoms with Gasteiger partial charge in [0.2, 0.25) is 0 Å². The average molecular weight is 321 g/mol. The molecule has 5 heteroatoms. The number of halogens is 2. The van der Waals surface area contributed by atoms with Crippen LogP contribution in [0.5, 0.6) is 5.75 Å². The second kappa shape index (κ2) is 9.75. The molecule has 0 unspecified atom stereocenters. The van der Waals surface area contributed by atoms with Crippen LogP contribution in [0.4, 0.5) is 4.39 Å². The SMILES string of the molecule is CC.N#Cc1cc(OCCc2ccc(CF)cc2)cc(Cl)n1. The Morgan fingerprint density at radius 3 is 2.41 bits per heavy atom. The van der Waals surface area contributed by atoms with Gasteiger partial charge in [-0.3, -0.25) is 0 Å². The first-order valence-corrected chi connectivity index (χ1v) is 7.43. The standard InChI is InChI=1S/C15H12ClFN2O.C2H6/c16-15-8-14(7-13(10-18)19-15)20-6-5-11-1-3-12(9-17)4-2-11;1-2/h1-4,7-8H,5-6,9H2;1-2H3. The molecule has 0 saturated heterocycles. The van der Waals surface area contributed by atoms with Crippen LogP contribution in [0.2, 0.25) is 5.15 Å². The largest absolute Gasteiger partial charge is 0.493 e. The van der Waals surface area contributed by atoms with Gasteiger partial charge in [-0.15, -0.1) is 0 Å². The number of hydrogen-bond acceptors (Lipinski definition) is 3. The Balaban J connectivity index is 0.00000116. The Labute approximate surface area is 135 Å². The first-order valence-electron chi connectivity index (χ1n) is 7.05. The second-order valence-electron chi connectivity index (χ2n) is 4.17. The molecule has 3 nitrogen and oxygen atoms in total. The van der Waals surface area contributed by atoms with E-state index in [0.29, 0.717) is 24.3 Å². The van der Waals surface area contributed by atoms with Crippen molar-refractivity contribution < 1.29 is 9.13 Å². The average Bonchev–Trinajstić information content (AvgIpc) is 2.57. The van der Waals surface area contributed by atoms with Gasteiger partial charge in [0.15, 0.2) is 0 Å². The number of nitrogens with zero attached hydrogens (tertiary/aromatic N) is 2. The van der Waals surface area contributed by atoms with E-state index >= 15 is 0 Å². The van der Waals surface area contributed by atoms with E-state index in [2.05, 4.69) is 4.98 Å². The minimum absolute atomic E-state index is 0.222. The third-order valence-electron chi connectivity index (χ3n) is 2.72. The van der Waals surface area contributed by atoms with E-state index < -0.39 is 6.67 Å². The highest BCUT2D eigenvalue weighted by atomic mass is 35.5. The molecule has 2 rings (SSSR count). The van der Waals surface area contributed by atoms with E-state index in [1.54, 1.807) is 18.2 Å². The van der Waals surface area contributed by atoms with Crippen LogP contribution in [-0.2, 0) is 13.1 Å². The van der Waals surface area contributed by atoms with Gasteiger partial charge in [-0.1, -0.05) is 49.7 Å². The van der Waals surface area contributed by atoms with Crippen molar-refractivity contribution in [1.82, 2.24) is 4.98 Å². The molecule has 0 aliphatic rings. The fourth-order valence-corrected chi connectivity index (χ4v) is 1.89. The summed E-state index contributed by atoms with van der Waals surface area (Å²) in [5.41, 5.74) is 1.94. The number of pyridine rings is 1. The molecule has 0 spiro atoms. The third-order valence-corrected chi connectivity index (χ3v) is 2.91. The molecule has 0 atom stereocenters. The Morgan fingerprint density at radius 2 is 1.82 bits per heavy atom. The van der Waals surface area contributed by atoms with Crippen LogP contribution in [0.1, 0.15) is 30.7 Å². The molecule has 116 valence electrons. The van der Waals surface area contributed by atoms with Crippen molar-refractivity contribution in [2.75, 3.05) is 6.61 Å². The molecule has 0 amide bonds. The molecule has 22 heavy (non-hydrogen) atoms. The molecule has 0 saturated carbocycles. The molecule has 1 aromatic carbocycles. The summed E-state index contributed by atoms with van der Waals surface area (Å²) in [6.07, 6.45) is 0.689. The monoisotopic (exact) mass is 320 g/mol. The summed E-state index contributed by atoms with van der Waals surface area (Å²) in [6.45, 7) is 3.99. The van der Waals surface area contributed by atoms with Crippen LogP contribution in [0, 0.1) is 11.3 Å². The fourth-order valence-electron chi connectivity index (χ4n) is 1.70. The zero-order valence-electron chi connectivity index (χ0n) is 12.6. The van der Waals surface area contributed by atoms with Crippen LogP contribution in [-0.4, -0.2) is 11.6 Å². The number of nitriles is 1. The van der Waals surface area contributed by atoms with Gasteiger partial charge in [0.1, 0.15) is 29.3 Å². The van der Waals surface area contributed by atoms with Crippen LogP contribution in [0.25, 0.3) is 0 Å². The van der Waals surface area contributed by atoms with Gasteiger partial charge in [-0.05, 0) is 11.1 Å². The lowest BCUT2D eigenvalue weighted by molar-refractivity contribution is 0.321. The number of ether oxygens (including phenoxy) is 1. The lowest BCUT2D eigenvalue weighted by atomic mass is 10.1. The van der Waals surface area contributed by atoms with Crippen LogP contribution < -0.4 is 4.74 Å². The van der Waals surface area contributed by atoms with E-state index in [1.165, 1.54) is 6.07 Å². The van der Waals surface area contributed by atoms with E-state index in [4.69, 9.17) is 21.6 Å². The molecule has 0 N–H and O–H groups in total. The van der Waals surface area contributed by atoms with Crippen molar-refractivity contribution in [3.05, 3.63) is 58.4 Å². The van der Waals surface area contributed by atoms with Gasteiger partial charge in [0, 0.05) is 18.6 Å². The predicted molar refractivity (Wildman–Crippen MR) is 85.8 cm³/mol. The summed E-state index contributed by atoms with van der Waals surface area (Å²) in [6, 6.07) is 12.3. The lowest BCUT2D eigenvalue weighted by Gasteiger charge is -2.07. The van der Waals surface area contributed by atoms with Crippen molar-refractivity contribution in [3.63, 3.8) is 0 Å². The van der Waals surface area contributed by atoms with Crippen molar-refractivity contribution in [3.8, 4) is 11.8 Å². The summed E-state index contributed by atoms with van der Waals surface area (Å²) in [5.74, 6) is 0.516. The summed E-state index contributed by atoms with van der Waals surface area (Å²) < 4.78 is 17.9. The Kier molecular flexibility index (Phi) is 7.95. The Hall–Kier alpha value is -2.12. The van der Waals surface area contributed by atoms with Crippen LogP contribution in [0.15, 0.2) is 36.4 Å². The number of hydrogen-bond donors (Lipinski definition) is 0. The van der Waals surface area contributed by atoms with Crippen molar-refractivity contribution in [2.24, 2.45) is 0 Å². The van der Waals surface area contributed by atoms with Crippen LogP contribution >= 0.6 is 11.6 Å². The molecule has 0 bridgehead atoms. The van der Waals surface area contributed by atoms with E-state index in [-0.39, 0.29) is 10.8 Å². The third kappa shape index (κ3) is 5.71. The quantitative estimate of drug-likeness (QED) is 0.748. The van der Waals surface area contributed by atoms with Crippen molar-refractivity contribution in [1.29, 1.82) is 5.26 Å². The fraction of sp³-hybridized carbons (Fsp3) is 0.294. The molecule has 0 aliphatic heterocycles. The normalized spacial score (nSPS) is 9.41. The first kappa shape index (κ1) is 17.9. The summed E-state index contributed by atoms with van der Waals surface area (Å²) in [4.78, 5) is 3.83. The minimum Gasteiger partial charge on any atom is -0.493 e. The highest BCUT2D eigenvalue weighted by molar-refractivity contribution is 6.29. The molecule has 0 aliphatic carbocycles. The van der Waals surface area contributed by atoms with Gasteiger partial charge in [-0.2, -0.15) is 5.26 Å². The minimum atomic E-state index is -0.455. The van der Waals surface area contributed by atoms with Crippen molar-refractivity contribution >= 4 is 11.6 Å². The second-order valence-corrected chi connectivity index (χ2v) is 4.56. The molecule has 1 aromatic heterocycles. The number of benzene rings is 1. The molecular weight excluding hydrogens is 303 g/mol. The zero-order valence-corrected chi connectivity index (χ0v) is 13.4. The van der Waals surface area contributed by atoms with Gasteiger partial charge >= 0.3 is 0 Å². The summed E-state index contributed by atoms with van der Waals surface area (Å²) in [7, 11) is 0. The van der Waals surface area contributed by atoms with Crippen molar-refractivity contribution in [2.45, 2.75) is 26.9 Å². The van der Waals surface area contributed by atoms with E-state index in [0.717, 1.165) is 5.56 Å². The van der Waals surface area contributed by atoms with E-state index in [1.807, 2.05) is 32.0 Å². The highest BCUT2D eigenvalue weighted by Crippen LogP contribution is 2.17. The summed E-state index contributed by atoms with van der Waals surface area (Å²) in [5, 5.41) is 9.01. The molecule has 2 aromatic rings. The maximum Gasteiger partial charge on any atom is 0.145 e. The lowest BCUT2D eigenvalue weighted by Crippen LogP contribution is -2.02. The smallest absolute Gasteiger partial charge is 0.145 e. The zero-order chi connectivity index (χ0) is 16.4. The topological polar surface area (TPSA) is 45.9 Å². The molecule has 0 fully saturated rings. The maximum atomic E-state index is 12.4. The molecular formula is C17H18ClFN2O. The van der Waals surface area contributed by atoms with Gasteiger partial charge in [0.05, 0.1) is 6.61 Å². The first-order chi connectivity index (χ1) is 10.7. The highest BCUT2D eigenvalue weighted by Gasteiger charge is 2.02. The number of alkyl halides is 1. The van der Waals surface area contributed by atoms with Gasteiger partial charge in [-0.25, -0.2) is 9.37 Å². The maximum absolute atomic E-state index is 12.4. The summed E-state index contributed by atoms with van der Waals surface area (Å²) >= 11 is 5.78. The van der Waals surface area contributed by atoms with Crippen LogP contribution in [0.3, 0.4) is 0 Å². The van der Waals surface area contributed by atoms with Gasteiger partial charge in [0.25, 0.3) is 0 Å². The molecule has 0 radical (unpaired) electrons. The Morgan fingerprint density at radius 1 is 1.18 bits per heavy atom. The van der Waals surface area contributed by atoms with Gasteiger partial charge < -0.3 is 4.74 Å². The Bertz CT molecular complexity index is 624. The number of aromatic nitrogens is 1. The predicted octanol–water partition coefficient (Wildman–Crippen LogP) is 4.72.